The van der Waals surface area contributed by atoms with Crippen LogP contribution in [0.25, 0.3) is 10.9 Å². The summed E-state index contributed by atoms with van der Waals surface area (Å²) in [4.78, 5) is 17.8. The normalized spacial score (nSPS) is 18.8. The van der Waals surface area contributed by atoms with E-state index >= 15 is 0 Å². The third kappa shape index (κ3) is 6.82. The van der Waals surface area contributed by atoms with Gasteiger partial charge in [0, 0.05) is 24.2 Å². The number of carboxylic acid groups (broad SMARTS) is 1. The molecule has 1 saturated heterocycles. The van der Waals surface area contributed by atoms with Crippen molar-refractivity contribution in [3.63, 3.8) is 0 Å². The van der Waals surface area contributed by atoms with Crippen LogP contribution in [0.1, 0.15) is 37.4 Å². The number of aromatic nitrogens is 1. The fourth-order valence-corrected chi connectivity index (χ4v) is 6.02. The highest BCUT2D eigenvalue weighted by molar-refractivity contribution is 7.99. The van der Waals surface area contributed by atoms with Crippen LogP contribution in [0.3, 0.4) is 0 Å². The van der Waals surface area contributed by atoms with Crippen LogP contribution in [0.5, 0.6) is 5.75 Å². The third-order valence-electron chi connectivity index (χ3n) is 7.25. The van der Waals surface area contributed by atoms with E-state index in [2.05, 4.69) is 4.98 Å². The number of fused-ring (bicyclic) bond motifs is 1. The summed E-state index contributed by atoms with van der Waals surface area (Å²) in [6.45, 7) is 1.48. The van der Waals surface area contributed by atoms with Crippen molar-refractivity contribution in [1.82, 2.24) is 9.88 Å². The highest BCUT2D eigenvalue weighted by atomic mass is 32.2. The molecular weight excluding hydrogens is 536 g/mol. The Balaban J connectivity index is 1.30. The summed E-state index contributed by atoms with van der Waals surface area (Å²) in [6, 6.07) is 7.54. The van der Waals surface area contributed by atoms with Gasteiger partial charge in [-0.3, -0.25) is 9.78 Å². The van der Waals surface area contributed by atoms with Gasteiger partial charge >= 0.3 is 5.97 Å². The van der Waals surface area contributed by atoms with Crippen LogP contribution in [0.2, 0.25) is 0 Å². The van der Waals surface area contributed by atoms with Gasteiger partial charge in [-0.2, -0.15) is 0 Å². The highest BCUT2D eigenvalue weighted by Crippen LogP contribution is 2.34. The lowest BCUT2D eigenvalue weighted by Gasteiger charge is -2.37. The molecule has 1 aliphatic rings. The molecule has 1 aromatic heterocycles. The molecule has 6 nitrogen and oxygen atoms in total. The number of pyridine rings is 1. The van der Waals surface area contributed by atoms with Crippen molar-refractivity contribution in [2.45, 2.75) is 36.7 Å². The number of carboxylic acids is 1. The van der Waals surface area contributed by atoms with Gasteiger partial charge in [0.25, 0.3) is 0 Å². The Morgan fingerprint density at radius 2 is 1.97 bits per heavy atom. The predicted octanol–water partition coefficient (Wildman–Crippen LogP) is 5.82. The second-order valence-corrected chi connectivity index (χ2v) is 10.8. The zero-order valence-corrected chi connectivity index (χ0v) is 22.2. The summed E-state index contributed by atoms with van der Waals surface area (Å²) in [7, 11) is 1.57. The molecule has 4 rings (SSSR count). The van der Waals surface area contributed by atoms with E-state index in [0.717, 1.165) is 28.2 Å². The maximum atomic E-state index is 13.9. The second kappa shape index (κ2) is 13.0. The molecule has 0 bridgehead atoms. The van der Waals surface area contributed by atoms with Crippen LogP contribution < -0.4 is 4.74 Å². The minimum atomic E-state index is -1.70. The van der Waals surface area contributed by atoms with Crippen LogP contribution in [0, 0.1) is 35.1 Å². The van der Waals surface area contributed by atoms with E-state index in [9.17, 15) is 32.6 Å². The van der Waals surface area contributed by atoms with Crippen LogP contribution in [-0.4, -0.2) is 58.6 Å². The molecule has 3 atom stereocenters. The Bertz CT molecular complexity index is 1330. The standard InChI is InChI=1S/C28H30F4N2O4S/c1-38-17-4-5-23-19(13-17)18(7-9-33-23)24(35)6-3-16-8-11-34(15-20(16)28(36)37)10-2-12-39-27-22(30)14-21(29)25(31)26(27)32/h4-5,7,9,13-14,16,20,24,35H,2-3,6,8,10-12,15H2,1H3,(H,36,37)/t16-,20+,24?/m1/s1. The molecule has 39 heavy (non-hydrogen) atoms. The van der Waals surface area contributed by atoms with Gasteiger partial charge in [-0.25, -0.2) is 17.6 Å². The summed E-state index contributed by atoms with van der Waals surface area (Å²) >= 11 is 0.765. The summed E-state index contributed by atoms with van der Waals surface area (Å²) in [5.74, 6) is -6.68. The Labute approximate surface area is 228 Å². The first-order valence-corrected chi connectivity index (χ1v) is 13.7. The van der Waals surface area contributed by atoms with Crippen molar-refractivity contribution in [2.75, 3.05) is 32.5 Å². The van der Waals surface area contributed by atoms with E-state index in [1.54, 1.807) is 25.4 Å². The quantitative estimate of drug-likeness (QED) is 0.0996. The molecule has 1 unspecified atom stereocenters. The lowest BCUT2D eigenvalue weighted by Crippen LogP contribution is -2.44. The molecule has 2 aromatic carbocycles. The largest absolute Gasteiger partial charge is 0.497 e. The van der Waals surface area contributed by atoms with Crippen LogP contribution in [-0.2, 0) is 4.79 Å². The molecule has 210 valence electrons. The third-order valence-corrected chi connectivity index (χ3v) is 8.40. The van der Waals surface area contributed by atoms with Crippen molar-refractivity contribution >= 4 is 28.6 Å². The highest BCUT2D eigenvalue weighted by Gasteiger charge is 2.34. The van der Waals surface area contributed by atoms with Gasteiger partial charge in [-0.05, 0) is 80.3 Å². The van der Waals surface area contributed by atoms with Crippen molar-refractivity contribution in [3.8, 4) is 5.75 Å². The van der Waals surface area contributed by atoms with Gasteiger partial charge < -0.3 is 19.8 Å². The van der Waals surface area contributed by atoms with Gasteiger partial charge in [0.05, 0.1) is 29.5 Å². The number of piperidine rings is 1. The lowest BCUT2D eigenvalue weighted by atomic mass is 9.81. The monoisotopic (exact) mass is 566 g/mol. The maximum Gasteiger partial charge on any atom is 0.308 e. The molecule has 0 amide bonds. The zero-order chi connectivity index (χ0) is 28.1. The number of likely N-dealkylation sites (tertiary alicyclic amines) is 1. The minimum Gasteiger partial charge on any atom is -0.497 e. The number of nitrogens with zero attached hydrogens (tertiary/aromatic N) is 2. The first kappa shape index (κ1) is 29.1. The number of hydrogen-bond acceptors (Lipinski definition) is 6. The van der Waals surface area contributed by atoms with Gasteiger partial charge in [0.2, 0.25) is 0 Å². The Morgan fingerprint density at radius 1 is 1.18 bits per heavy atom. The average Bonchev–Trinajstić information content (AvgIpc) is 2.93. The molecule has 0 spiro atoms. The number of benzene rings is 2. The Kier molecular flexibility index (Phi) is 9.68. The van der Waals surface area contributed by atoms with E-state index in [1.165, 1.54) is 0 Å². The smallest absolute Gasteiger partial charge is 0.308 e. The number of hydrogen-bond donors (Lipinski definition) is 2. The van der Waals surface area contributed by atoms with E-state index < -0.39 is 46.2 Å². The second-order valence-electron chi connectivity index (χ2n) is 9.67. The molecule has 0 radical (unpaired) electrons. The first-order valence-electron chi connectivity index (χ1n) is 12.7. The van der Waals surface area contributed by atoms with E-state index in [1.807, 2.05) is 17.0 Å². The number of carbonyl (C=O) groups is 1. The predicted molar refractivity (Wildman–Crippen MR) is 140 cm³/mol. The maximum absolute atomic E-state index is 13.9. The molecule has 11 heteroatoms. The van der Waals surface area contributed by atoms with Crippen LogP contribution in [0.15, 0.2) is 41.4 Å². The Morgan fingerprint density at radius 3 is 2.72 bits per heavy atom. The Hall–Kier alpha value is -2.89. The molecule has 1 fully saturated rings. The van der Waals surface area contributed by atoms with Crippen molar-refractivity contribution < 1.29 is 37.3 Å². The van der Waals surface area contributed by atoms with E-state index in [0.29, 0.717) is 57.1 Å². The van der Waals surface area contributed by atoms with E-state index in [4.69, 9.17) is 4.74 Å². The van der Waals surface area contributed by atoms with Crippen LogP contribution in [0.4, 0.5) is 17.6 Å². The topological polar surface area (TPSA) is 82.9 Å². The number of halogens is 4. The first-order chi connectivity index (χ1) is 18.7. The molecule has 0 aliphatic carbocycles. The number of aliphatic hydroxyl groups excluding tert-OH is 1. The molecule has 0 saturated carbocycles. The van der Waals surface area contributed by atoms with Crippen molar-refractivity contribution in [2.24, 2.45) is 11.8 Å². The van der Waals surface area contributed by atoms with Crippen LogP contribution >= 0.6 is 11.8 Å². The molecular formula is C28H30F4N2O4S. The van der Waals surface area contributed by atoms with E-state index in [-0.39, 0.29) is 11.7 Å². The number of ether oxygens (including phenoxy) is 1. The fourth-order valence-electron chi connectivity index (χ4n) is 5.13. The number of aliphatic carboxylic acids is 1. The van der Waals surface area contributed by atoms with Gasteiger partial charge in [0.1, 0.15) is 11.6 Å². The number of methoxy groups -OCH3 is 1. The molecule has 2 N–H and O–H groups in total. The average molecular weight is 567 g/mol. The van der Waals surface area contributed by atoms with Gasteiger partial charge in [0.15, 0.2) is 17.5 Å². The summed E-state index contributed by atoms with van der Waals surface area (Å²) < 4.78 is 59.5. The molecule has 1 aliphatic heterocycles. The van der Waals surface area contributed by atoms with Crippen molar-refractivity contribution in [3.05, 3.63) is 65.4 Å². The molecule has 2 heterocycles. The van der Waals surface area contributed by atoms with Gasteiger partial charge in [-0.15, -0.1) is 11.8 Å². The summed E-state index contributed by atoms with van der Waals surface area (Å²) in [5, 5.41) is 21.6. The number of thioether (sulfide) groups is 1. The lowest BCUT2D eigenvalue weighted by molar-refractivity contribution is -0.146. The molecule has 3 aromatic rings. The fraction of sp³-hybridized carbons (Fsp3) is 0.429. The zero-order valence-electron chi connectivity index (χ0n) is 21.4. The SMILES string of the molecule is COc1ccc2nccc(C(O)CC[C@@H]3CCN(CCCSc4c(F)cc(F)c(F)c4F)C[C@@H]3C(=O)O)c2c1. The minimum absolute atomic E-state index is 0.115. The van der Waals surface area contributed by atoms with Gasteiger partial charge in [-0.1, -0.05) is 0 Å². The number of aliphatic hydroxyl groups is 1. The van der Waals surface area contributed by atoms with Crippen molar-refractivity contribution in [1.29, 1.82) is 0 Å². The number of rotatable bonds is 11. The summed E-state index contributed by atoms with van der Waals surface area (Å²) in [5.41, 5.74) is 1.45. The summed E-state index contributed by atoms with van der Waals surface area (Å²) in [6.07, 6.45) is 2.89.